The van der Waals surface area contributed by atoms with Crippen molar-refractivity contribution in [2.45, 2.75) is 76.9 Å². The van der Waals surface area contributed by atoms with Crippen LogP contribution >= 0.6 is 9.24 Å². The molecule has 0 fully saturated rings. The Morgan fingerprint density at radius 3 is 2.30 bits per heavy atom. The molecule has 0 rings (SSSR count). The summed E-state index contributed by atoms with van der Waals surface area (Å²) < 4.78 is 16.7. The number of aliphatic hydroxyl groups excluding tert-OH is 1. The van der Waals surface area contributed by atoms with Crippen molar-refractivity contribution in [1.29, 1.82) is 0 Å². The molecule has 176 valence electrons. The Morgan fingerprint density at radius 2 is 1.83 bits per heavy atom. The molecule has 0 bridgehead atoms. The van der Waals surface area contributed by atoms with E-state index in [0.717, 1.165) is 6.41 Å². The Kier molecular flexibility index (Phi) is 15.2. The van der Waals surface area contributed by atoms with Crippen molar-refractivity contribution < 1.29 is 28.9 Å². The van der Waals surface area contributed by atoms with Crippen LogP contribution in [0.2, 0.25) is 0 Å². The minimum absolute atomic E-state index is 0.0155. The molecule has 0 aromatic rings. The monoisotopic (exact) mass is 448 g/mol. The van der Waals surface area contributed by atoms with E-state index in [9.17, 15) is 14.7 Å². The fourth-order valence-corrected chi connectivity index (χ4v) is 3.71. The molecule has 0 aliphatic rings. The summed E-state index contributed by atoms with van der Waals surface area (Å²) in [5.41, 5.74) is 5.87. The van der Waals surface area contributed by atoms with Crippen LogP contribution in [-0.4, -0.2) is 73.9 Å². The molecule has 1 unspecified atom stereocenters. The zero-order valence-corrected chi connectivity index (χ0v) is 20.3. The van der Waals surface area contributed by atoms with Gasteiger partial charge in [-0.2, -0.15) is 0 Å². The molecule has 3 N–H and O–H groups in total. The van der Waals surface area contributed by atoms with Gasteiger partial charge in [0.05, 0.1) is 18.3 Å². The Morgan fingerprint density at radius 1 is 1.20 bits per heavy atom. The number of carbonyl (C=O) groups is 2. The number of ether oxygens (including phenoxy) is 3. The average Bonchev–Trinajstić information content (AvgIpc) is 2.72. The van der Waals surface area contributed by atoms with Crippen molar-refractivity contribution >= 4 is 21.4 Å². The van der Waals surface area contributed by atoms with Gasteiger partial charge in [0.25, 0.3) is 0 Å². The van der Waals surface area contributed by atoms with Crippen LogP contribution in [-0.2, 0) is 19.0 Å². The van der Waals surface area contributed by atoms with E-state index < -0.39 is 17.9 Å². The van der Waals surface area contributed by atoms with Crippen LogP contribution in [0.3, 0.4) is 0 Å². The Labute approximate surface area is 183 Å². The second kappa shape index (κ2) is 15.7. The number of hydrogen-bond donors (Lipinski definition) is 2. The lowest BCUT2D eigenvalue weighted by atomic mass is 9.86. The third-order valence-electron chi connectivity index (χ3n) is 5.49. The number of rotatable bonds is 16. The van der Waals surface area contributed by atoms with Gasteiger partial charge in [-0.05, 0) is 28.5 Å². The number of aliphatic hydroxyl groups is 1. The van der Waals surface area contributed by atoms with E-state index in [1.54, 1.807) is 27.5 Å². The van der Waals surface area contributed by atoms with Gasteiger partial charge in [-0.3, -0.25) is 4.79 Å². The van der Waals surface area contributed by atoms with Crippen LogP contribution in [0.5, 0.6) is 0 Å². The number of carbonyl (C=O) groups excluding carboxylic acids is 2. The van der Waals surface area contributed by atoms with Crippen LogP contribution in [0.15, 0.2) is 12.3 Å². The summed E-state index contributed by atoms with van der Waals surface area (Å²) in [4.78, 5) is 23.9. The number of nitrogens with zero attached hydrogens (tertiary/aromatic N) is 1. The fourth-order valence-electron chi connectivity index (χ4n) is 3.54. The lowest BCUT2D eigenvalue weighted by molar-refractivity contribution is -0.115. The van der Waals surface area contributed by atoms with Crippen molar-refractivity contribution in [2.24, 2.45) is 17.6 Å². The lowest BCUT2D eigenvalue weighted by Gasteiger charge is -2.33. The summed E-state index contributed by atoms with van der Waals surface area (Å²) in [6.45, 7) is 5.87. The van der Waals surface area contributed by atoms with Gasteiger partial charge in [0.15, 0.2) is 0 Å². The Balaban J connectivity index is 5.19. The first-order chi connectivity index (χ1) is 14.1. The van der Waals surface area contributed by atoms with E-state index in [2.05, 4.69) is 0 Å². The van der Waals surface area contributed by atoms with Gasteiger partial charge in [-0.1, -0.05) is 26.8 Å². The predicted molar refractivity (Wildman–Crippen MR) is 121 cm³/mol. The Hall–Kier alpha value is -1.05. The summed E-state index contributed by atoms with van der Waals surface area (Å²) >= 11 is 0. The van der Waals surface area contributed by atoms with Crippen LogP contribution in [0.1, 0.15) is 46.5 Å². The molecule has 0 aromatic carbocycles. The topological polar surface area (TPSA) is 111 Å². The zero-order valence-electron chi connectivity index (χ0n) is 19.2. The van der Waals surface area contributed by atoms with Gasteiger partial charge in [0, 0.05) is 51.8 Å². The molecular formula is C21H41N2O6P. The van der Waals surface area contributed by atoms with E-state index in [4.69, 9.17) is 19.9 Å². The molecule has 0 radical (unpaired) electrons. The maximum absolute atomic E-state index is 11.7. The molecule has 30 heavy (non-hydrogen) atoms. The van der Waals surface area contributed by atoms with Gasteiger partial charge in [-0.25, -0.2) is 4.79 Å². The highest BCUT2D eigenvalue weighted by Crippen LogP contribution is 2.27. The van der Waals surface area contributed by atoms with Crippen molar-refractivity contribution in [2.75, 3.05) is 21.3 Å². The third kappa shape index (κ3) is 10.8. The van der Waals surface area contributed by atoms with Crippen molar-refractivity contribution in [3.8, 4) is 0 Å². The zero-order chi connectivity index (χ0) is 23.3. The first kappa shape index (κ1) is 28.9. The fraction of sp³-hybridized carbons (Fsp3) is 0.810. The smallest absolute Gasteiger partial charge is 0.320 e. The number of hydrogen-bond acceptors (Lipinski definition) is 7. The molecule has 8 atom stereocenters. The van der Waals surface area contributed by atoms with Crippen molar-refractivity contribution in [3.63, 3.8) is 0 Å². The molecule has 0 aromatic heterocycles. The van der Waals surface area contributed by atoms with Gasteiger partial charge < -0.3 is 30.0 Å². The molecule has 1 amide bonds. The second-order valence-corrected chi connectivity index (χ2v) is 8.29. The van der Waals surface area contributed by atoms with Gasteiger partial charge in [-0.15, -0.1) is 0 Å². The molecular weight excluding hydrogens is 407 g/mol. The molecule has 8 nitrogen and oxygen atoms in total. The highest BCUT2D eigenvalue weighted by molar-refractivity contribution is 7.39. The summed E-state index contributed by atoms with van der Waals surface area (Å²) in [5.74, 6) is -0.131. The Bertz CT molecular complexity index is 522. The molecule has 0 heterocycles. The molecule has 9 heteroatoms. The third-order valence-corrected chi connectivity index (χ3v) is 5.63. The number of nitrogens with two attached hydrogens (primary N) is 1. The molecule has 0 spiro atoms. The normalized spacial score (nSPS) is 18.8. The number of methoxy groups -OCH3 is 2. The SMILES string of the molecule is CC[C@@H](O)C[C@H](OC)[C@@H](N)CC[C@@H](OC(=O)P)[C@H](C)[C@H](OC)[C@H](C)/C=C/N(C)C=O. The summed E-state index contributed by atoms with van der Waals surface area (Å²) in [5, 5.41) is 9.91. The molecule has 0 saturated heterocycles. The van der Waals surface area contributed by atoms with Gasteiger partial charge in [0.2, 0.25) is 6.41 Å². The van der Waals surface area contributed by atoms with Crippen LogP contribution in [0, 0.1) is 11.8 Å². The first-order valence-corrected chi connectivity index (χ1v) is 11.0. The molecule has 0 aliphatic carbocycles. The number of amides is 1. The van der Waals surface area contributed by atoms with E-state index in [1.165, 1.54) is 4.90 Å². The van der Waals surface area contributed by atoms with Crippen LogP contribution < -0.4 is 5.73 Å². The minimum atomic E-state index is -0.462. The predicted octanol–water partition coefficient (Wildman–Crippen LogP) is 2.54. The van der Waals surface area contributed by atoms with Gasteiger partial charge in [0.1, 0.15) is 6.10 Å². The largest absolute Gasteiger partial charge is 0.459 e. The second-order valence-electron chi connectivity index (χ2n) is 7.82. The summed E-state index contributed by atoms with van der Waals surface area (Å²) in [7, 11) is 6.90. The highest BCUT2D eigenvalue weighted by atomic mass is 31.0. The van der Waals surface area contributed by atoms with E-state index >= 15 is 0 Å². The van der Waals surface area contributed by atoms with Crippen LogP contribution in [0.4, 0.5) is 4.79 Å². The lowest BCUT2D eigenvalue weighted by Crippen LogP contribution is -2.41. The standard InChI is InChI=1S/C21H41N2O6P/c1-7-16(25)12-19(27-5)17(22)8-9-18(29-21(26)30)15(3)20(28-6)14(2)10-11-23(4)13-24/h10-11,13-20,25H,7-9,12,22,30H2,1-6H3/b11-10+/t14-,15+,16-,17+,18-,19+,20-/m1/s1. The maximum Gasteiger partial charge on any atom is 0.320 e. The quantitative estimate of drug-likeness (QED) is 0.276. The van der Waals surface area contributed by atoms with Crippen molar-refractivity contribution in [3.05, 3.63) is 12.3 Å². The molecule has 0 aliphatic heterocycles. The summed E-state index contributed by atoms with van der Waals surface area (Å²) in [6, 6.07) is -0.298. The van der Waals surface area contributed by atoms with E-state index in [1.807, 2.05) is 36.1 Å². The maximum atomic E-state index is 11.7. The molecule has 0 saturated carbocycles. The van der Waals surface area contributed by atoms with E-state index in [0.29, 0.717) is 25.7 Å². The van der Waals surface area contributed by atoms with Gasteiger partial charge >= 0.3 is 5.71 Å². The first-order valence-electron chi connectivity index (χ1n) is 10.4. The summed E-state index contributed by atoms with van der Waals surface area (Å²) in [6.07, 6.45) is 5.12. The van der Waals surface area contributed by atoms with Crippen LogP contribution in [0.25, 0.3) is 0 Å². The highest BCUT2D eigenvalue weighted by Gasteiger charge is 2.32. The minimum Gasteiger partial charge on any atom is -0.459 e. The van der Waals surface area contributed by atoms with Crippen molar-refractivity contribution in [1.82, 2.24) is 4.90 Å². The van der Waals surface area contributed by atoms with E-state index in [-0.39, 0.29) is 30.1 Å². The average molecular weight is 449 g/mol.